The Labute approximate surface area is 83.9 Å². The fourth-order valence-corrected chi connectivity index (χ4v) is 1.77. The zero-order chi connectivity index (χ0) is 9.80. The second-order valence-electron chi connectivity index (χ2n) is 3.51. The summed E-state index contributed by atoms with van der Waals surface area (Å²) in [5.74, 6) is 0.0511. The van der Waals surface area contributed by atoms with E-state index in [1.165, 1.54) is 0 Å². The molecule has 1 fully saturated rings. The Morgan fingerprint density at radius 1 is 1.29 bits per heavy atom. The van der Waals surface area contributed by atoms with Gasteiger partial charge in [-0.3, -0.25) is 4.99 Å². The van der Waals surface area contributed by atoms with Crippen LogP contribution in [0.4, 0.5) is 5.69 Å². The average molecular weight is 184 g/mol. The van der Waals surface area contributed by atoms with E-state index in [9.17, 15) is 0 Å². The number of para-hydroxylation sites is 1. The molecule has 14 heavy (non-hydrogen) atoms. The van der Waals surface area contributed by atoms with E-state index < -0.39 is 0 Å². The van der Waals surface area contributed by atoms with Crippen LogP contribution in [0.5, 0.6) is 0 Å². The SMILES string of the molecule is N#CC1CCCC1=Nc1ccccc1. The van der Waals surface area contributed by atoms with Gasteiger partial charge in [0, 0.05) is 5.71 Å². The van der Waals surface area contributed by atoms with E-state index in [2.05, 4.69) is 11.1 Å². The van der Waals surface area contributed by atoms with Gasteiger partial charge < -0.3 is 0 Å². The molecule has 0 bridgehead atoms. The quantitative estimate of drug-likeness (QED) is 0.660. The maximum atomic E-state index is 8.88. The van der Waals surface area contributed by atoms with E-state index in [0.717, 1.165) is 30.7 Å². The van der Waals surface area contributed by atoms with Crippen molar-refractivity contribution in [2.45, 2.75) is 19.3 Å². The lowest BCUT2D eigenvalue weighted by molar-refractivity contribution is 0.795. The van der Waals surface area contributed by atoms with Crippen LogP contribution >= 0.6 is 0 Å². The fraction of sp³-hybridized carbons (Fsp3) is 0.333. The molecule has 0 radical (unpaired) electrons. The van der Waals surface area contributed by atoms with Gasteiger partial charge in [-0.05, 0) is 31.4 Å². The Bertz CT molecular complexity index is 373. The van der Waals surface area contributed by atoms with Crippen molar-refractivity contribution in [2.75, 3.05) is 0 Å². The first-order valence-electron chi connectivity index (χ1n) is 4.92. The Kier molecular flexibility index (Phi) is 2.60. The molecule has 0 amide bonds. The van der Waals surface area contributed by atoms with Gasteiger partial charge in [0.05, 0.1) is 17.7 Å². The molecule has 1 aromatic rings. The summed E-state index contributed by atoms with van der Waals surface area (Å²) in [6.45, 7) is 0. The first-order valence-corrected chi connectivity index (χ1v) is 4.92. The van der Waals surface area contributed by atoms with E-state index in [1.807, 2.05) is 30.3 Å². The molecule has 0 spiro atoms. The molecule has 0 aromatic heterocycles. The molecule has 0 saturated heterocycles. The Morgan fingerprint density at radius 2 is 2.07 bits per heavy atom. The van der Waals surface area contributed by atoms with Crippen molar-refractivity contribution in [3.63, 3.8) is 0 Å². The predicted octanol–water partition coefficient (Wildman–Crippen LogP) is 3.08. The minimum Gasteiger partial charge on any atom is -0.256 e. The molecule has 1 aliphatic rings. The molecule has 2 rings (SSSR count). The Balaban J connectivity index is 2.23. The highest BCUT2D eigenvalue weighted by Gasteiger charge is 2.21. The zero-order valence-corrected chi connectivity index (χ0v) is 7.98. The van der Waals surface area contributed by atoms with Crippen LogP contribution in [0.15, 0.2) is 35.3 Å². The number of hydrogen-bond acceptors (Lipinski definition) is 2. The smallest absolute Gasteiger partial charge is 0.0846 e. The van der Waals surface area contributed by atoms with Crippen LogP contribution in [-0.2, 0) is 0 Å². The number of aliphatic imine (C=N–C) groups is 1. The summed E-state index contributed by atoms with van der Waals surface area (Å²) in [7, 11) is 0. The topological polar surface area (TPSA) is 36.1 Å². The van der Waals surface area contributed by atoms with Crippen molar-refractivity contribution in [1.82, 2.24) is 0 Å². The van der Waals surface area contributed by atoms with Gasteiger partial charge in [-0.25, -0.2) is 0 Å². The highest BCUT2D eigenvalue weighted by molar-refractivity contribution is 5.92. The molecular weight excluding hydrogens is 172 g/mol. The van der Waals surface area contributed by atoms with Crippen LogP contribution in [0.3, 0.4) is 0 Å². The van der Waals surface area contributed by atoms with E-state index in [-0.39, 0.29) is 5.92 Å². The first-order chi connectivity index (χ1) is 6.90. The van der Waals surface area contributed by atoms with Crippen molar-refractivity contribution in [1.29, 1.82) is 5.26 Å². The minimum atomic E-state index is 0.0511. The van der Waals surface area contributed by atoms with Gasteiger partial charge >= 0.3 is 0 Å². The van der Waals surface area contributed by atoms with Gasteiger partial charge in [0.1, 0.15) is 0 Å². The normalized spacial score (nSPS) is 23.6. The summed E-state index contributed by atoms with van der Waals surface area (Å²) in [6, 6.07) is 12.2. The van der Waals surface area contributed by atoms with Crippen molar-refractivity contribution in [3.05, 3.63) is 30.3 Å². The molecule has 2 nitrogen and oxygen atoms in total. The number of hydrogen-bond donors (Lipinski definition) is 0. The van der Waals surface area contributed by atoms with E-state index in [1.54, 1.807) is 0 Å². The van der Waals surface area contributed by atoms with Crippen LogP contribution in [0.1, 0.15) is 19.3 Å². The van der Waals surface area contributed by atoms with Gasteiger partial charge in [-0.1, -0.05) is 18.2 Å². The standard InChI is InChI=1S/C12H12N2/c13-9-10-5-4-8-12(10)14-11-6-2-1-3-7-11/h1-3,6-7,10H,4-5,8H2. The third-order valence-corrected chi connectivity index (χ3v) is 2.51. The molecule has 1 aliphatic carbocycles. The summed E-state index contributed by atoms with van der Waals surface area (Å²) < 4.78 is 0. The summed E-state index contributed by atoms with van der Waals surface area (Å²) in [4.78, 5) is 4.50. The Hall–Kier alpha value is -1.62. The highest BCUT2D eigenvalue weighted by Crippen LogP contribution is 2.24. The predicted molar refractivity (Wildman–Crippen MR) is 56.5 cm³/mol. The van der Waals surface area contributed by atoms with Gasteiger partial charge in [0.15, 0.2) is 0 Å². The average Bonchev–Trinajstić information content (AvgIpc) is 2.67. The second kappa shape index (κ2) is 4.06. The zero-order valence-electron chi connectivity index (χ0n) is 7.98. The highest BCUT2D eigenvalue weighted by atomic mass is 14.8. The monoisotopic (exact) mass is 184 g/mol. The molecule has 2 heteroatoms. The number of nitrogens with zero attached hydrogens (tertiary/aromatic N) is 2. The molecule has 1 saturated carbocycles. The molecule has 0 aliphatic heterocycles. The van der Waals surface area contributed by atoms with Crippen molar-refractivity contribution in [2.24, 2.45) is 10.9 Å². The number of rotatable bonds is 1. The summed E-state index contributed by atoms with van der Waals surface area (Å²) in [5, 5.41) is 8.88. The molecule has 1 unspecified atom stereocenters. The van der Waals surface area contributed by atoms with Gasteiger partial charge in [-0.2, -0.15) is 5.26 Å². The summed E-state index contributed by atoms with van der Waals surface area (Å²) in [6.07, 6.45) is 3.05. The summed E-state index contributed by atoms with van der Waals surface area (Å²) in [5.41, 5.74) is 2.02. The fourth-order valence-electron chi connectivity index (χ4n) is 1.77. The van der Waals surface area contributed by atoms with Crippen LogP contribution in [0.25, 0.3) is 0 Å². The van der Waals surface area contributed by atoms with Crippen LogP contribution in [0, 0.1) is 17.2 Å². The van der Waals surface area contributed by atoms with Crippen LogP contribution < -0.4 is 0 Å². The minimum absolute atomic E-state index is 0.0511. The Morgan fingerprint density at radius 3 is 2.79 bits per heavy atom. The number of benzene rings is 1. The lowest BCUT2D eigenvalue weighted by atomic mass is 10.1. The van der Waals surface area contributed by atoms with Crippen LogP contribution in [0.2, 0.25) is 0 Å². The maximum absolute atomic E-state index is 8.88. The third kappa shape index (κ3) is 1.82. The van der Waals surface area contributed by atoms with E-state index in [4.69, 9.17) is 5.26 Å². The first kappa shape index (κ1) is 8.96. The van der Waals surface area contributed by atoms with E-state index >= 15 is 0 Å². The van der Waals surface area contributed by atoms with Crippen molar-refractivity contribution < 1.29 is 0 Å². The lowest BCUT2D eigenvalue weighted by Crippen LogP contribution is -2.02. The van der Waals surface area contributed by atoms with Crippen molar-refractivity contribution in [3.8, 4) is 6.07 Å². The number of nitriles is 1. The largest absolute Gasteiger partial charge is 0.256 e. The second-order valence-corrected chi connectivity index (χ2v) is 3.51. The van der Waals surface area contributed by atoms with Gasteiger partial charge in [0.25, 0.3) is 0 Å². The molecule has 1 aromatic carbocycles. The van der Waals surface area contributed by atoms with Crippen LogP contribution in [-0.4, -0.2) is 5.71 Å². The van der Waals surface area contributed by atoms with Gasteiger partial charge in [-0.15, -0.1) is 0 Å². The van der Waals surface area contributed by atoms with Gasteiger partial charge in [0.2, 0.25) is 0 Å². The van der Waals surface area contributed by atoms with E-state index in [0.29, 0.717) is 0 Å². The molecular formula is C12H12N2. The molecule has 1 atom stereocenters. The molecule has 0 N–H and O–H groups in total. The van der Waals surface area contributed by atoms with Crippen molar-refractivity contribution >= 4 is 11.4 Å². The maximum Gasteiger partial charge on any atom is 0.0846 e. The third-order valence-electron chi connectivity index (χ3n) is 2.51. The molecule has 70 valence electrons. The lowest BCUT2D eigenvalue weighted by Gasteiger charge is -2.00. The molecule has 0 heterocycles. The summed E-state index contributed by atoms with van der Waals surface area (Å²) >= 11 is 0.